The highest BCUT2D eigenvalue weighted by Gasteiger charge is 2.43. The molecule has 2 fully saturated rings. The van der Waals surface area contributed by atoms with Crippen molar-refractivity contribution in [2.24, 2.45) is 0 Å². The molecule has 4 rings (SSSR count). The van der Waals surface area contributed by atoms with E-state index in [0.717, 1.165) is 10.6 Å². The highest BCUT2D eigenvalue weighted by Crippen LogP contribution is 2.28. The monoisotopic (exact) mass is 425 g/mol. The van der Waals surface area contributed by atoms with Gasteiger partial charge in [-0.25, -0.2) is 4.90 Å². The number of benzene rings is 2. The predicted molar refractivity (Wildman–Crippen MR) is 111 cm³/mol. The van der Waals surface area contributed by atoms with Crippen molar-refractivity contribution in [3.05, 3.63) is 68.8 Å². The lowest BCUT2D eigenvalue weighted by Gasteiger charge is -2.38. The fraction of sp³-hybridized carbons (Fsp3) is 0.300. The van der Waals surface area contributed by atoms with E-state index < -0.39 is 15.9 Å². The van der Waals surface area contributed by atoms with Gasteiger partial charge in [-0.05, 0) is 24.3 Å². The minimum absolute atomic E-state index is 0.0313. The Kier molecular flexibility index (Phi) is 5.34. The molecule has 11 heteroatoms. The lowest BCUT2D eigenvalue weighted by atomic mass is 10.1. The van der Waals surface area contributed by atoms with E-state index in [1.54, 1.807) is 12.1 Å². The second kappa shape index (κ2) is 8.11. The third-order valence-electron chi connectivity index (χ3n) is 5.62. The Morgan fingerprint density at radius 2 is 1.23 bits per heavy atom. The smallest absolute Gasteiger partial charge is 0.269 e. The first-order chi connectivity index (χ1) is 14.8. The molecule has 2 aromatic rings. The van der Waals surface area contributed by atoms with Crippen molar-refractivity contribution in [2.75, 3.05) is 36.0 Å². The summed E-state index contributed by atoms with van der Waals surface area (Å²) in [6, 6.07) is 11.1. The Balaban J connectivity index is 1.41. The molecule has 2 amide bonds. The summed E-state index contributed by atoms with van der Waals surface area (Å²) in [6.07, 6.45) is 0.0628. The molecule has 0 saturated carbocycles. The number of hydrogen-bond donors (Lipinski definition) is 0. The molecule has 0 bridgehead atoms. The van der Waals surface area contributed by atoms with Crippen LogP contribution in [0.4, 0.5) is 22.7 Å². The van der Waals surface area contributed by atoms with Crippen molar-refractivity contribution < 1.29 is 19.4 Å². The fourth-order valence-electron chi connectivity index (χ4n) is 3.97. The van der Waals surface area contributed by atoms with E-state index in [1.165, 1.54) is 36.4 Å². The van der Waals surface area contributed by atoms with Gasteiger partial charge in [0.1, 0.15) is 0 Å². The summed E-state index contributed by atoms with van der Waals surface area (Å²) in [5.74, 6) is -0.663. The maximum Gasteiger partial charge on any atom is 0.269 e. The van der Waals surface area contributed by atoms with Gasteiger partial charge in [0.2, 0.25) is 5.91 Å². The molecule has 0 aliphatic carbocycles. The molecule has 0 aromatic heterocycles. The van der Waals surface area contributed by atoms with Gasteiger partial charge in [-0.2, -0.15) is 0 Å². The van der Waals surface area contributed by atoms with Crippen molar-refractivity contribution >= 4 is 34.6 Å². The molecule has 0 spiro atoms. The number of carbonyl (C=O) groups is 2. The van der Waals surface area contributed by atoms with Crippen LogP contribution in [-0.2, 0) is 9.59 Å². The summed E-state index contributed by atoms with van der Waals surface area (Å²) < 4.78 is 0. The second-order valence-electron chi connectivity index (χ2n) is 7.36. The molecule has 2 aliphatic rings. The average Bonchev–Trinajstić information content (AvgIpc) is 3.08. The van der Waals surface area contributed by atoms with Crippen LogP contribution >= 0.6 is 0 Å². The zero-order chi connectivity index (χ0) is 22.1. The highest BCUT2D eigenvalue weighted by atomic mass is 16.6. The molecular formula is C20H19N5O6. The van der Waals surface area contributed by atoms with E-state index in [-0.39, 0.29) is 29.6 Å². The number of hydrogen-bond acceptors (Lipinski definition) is 8. The van der Waals surface area contributed by atoms with Crippen LogP contribution in [0.5, 0.6) is 0 Å². The van der Waals surface area contributed by atoms with Gasteiger partial charge in [-0.15, -0.1) is 0 Å². The van der Waals surface area contributed by atoms with Crippen molar-refractivity contribution in [1.29, 1.82) is 0 Å². The van der Waals surface area contributed by atoms with E-state index in [4.69, 9.17) is 0 Å². The maximum absolute atomic E-state index is 12.9. The van der Waals surface area contributed by atoms with Crippen LogP contribution in [0.1, 0.15) is 6.42 Å². The first-order valence-electron chi connectivity index (χ1n) is 9.70. The number of imide groups is 1. The molecule has 2 aliphatic heterocycles. The van der Waals surface area contributed by atoms with Crippen LogP contribution in [0.2, 0.25) is 0 Å². The van der Waals surface area contributed by atoms with Crippen LogP contribution in [0.25, 0.3) is 0 Å². The van der Waals surface area contributed by atoms with E-state index >= 15 is 0 Å². The predicted octanol–water partition coefficient (Wildman–Crippen LogP) is 1.96. The summed E-state index contributed by atoms with van der Waals surface area (Å²) in [5.41, 5.74) is 1.12. The Hall–Kier alpha value is -3.86. The van der Waals surface area contributed by atoms with Gasteiger partial charge >= 0.3 is 0 Å². The number of nitrogens with zero attached hydrogens (tertiary/aromatic N) is 5. The Labute approximate surface area is 176 Å². The quantitative estimate of drug-likeness (QED) is 0.404. The number of rotatable bonds is 5. The Bertz CT molecular complexity index is 1030. The van der Waals surface area contributed by atoms with Crippen LogP contribution in [0, 0.1) is 20.2 Å². The van der Waals surface area contributed by atoms with Gasteiger partial charge in [0.05, 0.1) is 28.0 Å². The first-order valence-corrected chi connectivity index (χ1v) is 9.70. The zero-order valence-corrected chi connectivity index (χ0v) is 16.4. The molecule has 11 nitrogen and oxygen atoms in total. The summed E-state index contributed by atoms with van der Waals surface area (Å²) in [6.45, 7) is 2.37. The van der Waals surface area contributed by atoms with Gasteiger partial charge in [0.15, 0.2) is 0 Å². The Morgan fingerprint density at radius 3 is 1.71 bits per heavy atom. The van der Waals surface area contributed by atoms with Crippen LogP contribution in [0.15, 0.2) is 48.5 Å². The molecule has 2 saturated heterocycles. The van der Waals surface area contributed by atoms with Crippen molar-refractivity contribution in [2.45, 2.75) is 12.5 Å². The molecule has 0 unspecified atom stereocenters. The van der Waals surface area contributed by atoms with Gasteiger partial charge in [0, 0.05) is 56.1 Å². The number of anilines is 2. The highest BCUT2D eigenvalue weighted by molar-refractivity contribution is 6.22. The lowest BCUT2D eigenvalue weighted by Crippen LogP contribution is -2.52. The van der Waals surface area contributed by atoms with E-state index in [0.29, 0.717) is 31.9 Å². The van der Waals surface area contributed by atoms with Crippen molar-refractivity contribution in [3.8, 4) is 0 Å². The van der Waals surface area contributed by atoms with E-state index in [9.17, 15) is 29.8 Å². The largest absolute Gasteiger partial charge is 0.369 e. The number of nitro benzene ring substituents is 2. The lowest BCUT2D eigenvalue weighted by molar-refractivity contribution is -0.385. The minimum Gasteiger partial charge on any atom is -0.369 e. The molecule has 2 heterocycles. The second-order valence-corrected chi connectivity index (χ2v) is 7.36. The van der Waals surface area contributed by atoms with Gasteiger partial charge in [-0.1, -0.05) is 0 Å². The Morgan fingerprint density at radius 1 is 0.742 bits per heavy atom. The number of nitro groups is 2. The normalized spacial score (nSPS) is 19.7. The molecule has 0 radical (unpaired) electrons. The number of non-ortho nitro benzene ring substituents is 2. The molecule has 0 N–H and O–H groups in total. The van der Waals surface area contributed by atoms with Gasteiger partial charge in [0.25, 0.3) is 17.3 Å². The third kappa shape index (κ3) is 3.94. The molecular weight excluding hydrogens is 406 g/mol. The zero-order valence-electron chi connectivity index (χ0n) is 16.4. The van der Waals surface area contributed by atoms with Crippen LogP contribution in [0.3, 0.4) is 0 Å². The third-order valence-corrected chi connectivity index (χ3v) is 5.62. The average molecular weight is 425 g/mol. The molecule has 31 heavy (non-hydrogen) atoms. The SMILES string of the molecule is O=C1C[C@@H](N2CCN(c3ccc([N+](=O)[O-])cc3)CC2)C(=O)N1c1ccc([N+](=O)[O-])cc1. The standard InChI is InChI=1S/C20H19N5O6/c26-19-13-18(20(27)23(19)15-3-7-17(8-4-15)25(30)31)22-11-9-21(10-12-22)14-1-5-16(6-2-14)24(28)29/h1-8,18H,9-13H2/t18-/m1/s1. The molecule has 2 aromatic carbocycles. The maximum atomic E-state index is 12.9. The minimum atomic E-state index is -0.568. The van der Waals surface area contributed by atoms with Crippen LogP contribution in [-0.4, -0.2) is 58.8 Å². The van der Waals surface area contributed by atoms with Crippen LogP contribution < -0.4 is 9.80 Å². The van der Waals surface area contributed by atoms with Gasteiger partial charge in [-0.3, -0.25) is 34.7 Å². The first kappa shape index (κ1) is 20.4. The topological polar surface area (TPSA) is 130 Å². The van der Waals surface area contributed by atoms with E-state index in [1.807, 2.05) is 4.90 Å². The molecule has 160 valence electrons. The molecule has 1 atom stereocenters. The number of amides is 2. The van der Waals surface area contributed by atoms with Crippen molar-refractivity contribution in [3.63, 3.8) is 0 Å². The summed E-state index contributed by atoms with van der Waals surface area (Å²) >= 11 is 0. The summed E-state index contributed by atoms with van der Waals surface area (Å²) in [4.78, 5) is 51.2. The van der Waals surface area contributed by atoms with Gasteiger partial charge < -0.3 is 4.90 Å². The van der Waals surface area contributed by atoms with Crippen molar-refractivity contribution in [1.82, 2.24) is 4.90 Å². The fourth-order valence-corrected chi connectivity index (χ4v) is 3.97. The summed E-state index contributed by atoms with van der Waals surface area (Å²) in [5, 5.41) is 21.6. The summed E-state index contributed by atoms with van der Waals surface area (Å²) in [7, 11) is 0. The number of piperazine rings is 1. The number of carbonyl (C=O) groups excluding carboxylic acids is 2. The van der Waals surface area contributed by atoms with E-state index in [2.05, 4.69) is 4.90 Å².